The monoisotopic (exact) mass is 446 g/mol. The summed E-state index contributed by atoms with van der Waals surface area (Å²) >= 11 is 0. The summed E-state index contributed by atoms with van der Waals surface area (Å²) in [7, 11) is 1.55. The van der Waals surface area contributed by atoms with Gasteiger partial charge in [-0.15, -0.1) is 0 Å². The molecule has 0 radical (unpaired) electrons. The van der Waals surface area contributed by atoms with Crippen LogP contribution in [0.5, 0.6) is 0 Å². The first-order valence-corrected chi connectivity index (χ1v) is 13.3. The highest BCUT2D eigenvalue weighted by Crippen LogP contribution is 2.12. The second kappa shape index (κ2) is 27.8. The third kappa shape index (κ3) is 25.9. The van der Waals surface area contributed by atoms with E-state index in [1.165, 1.54) is 70.6 Å². The van der Waals surface area contributed by atoms with Crippen LogP contribution >= 0.6 is 0 Å². The predicted octanol–water partition coefficient (Wildman–Crippen LogP) is 7.61. The molecule has 0 spiro atoms. The van der Waals surface area contributed by atoms with Gasteiger partial charge in [-0.25, -0.2) is 9.78 Å². The minimum atomic E-state index is -0.00575. The average molecular weight is 447 g/mol. The van der Waals surface area contributed by atoms with E-state index in [1.54, 1.807) is 7.11 Å². The van der Waals surface area contributed by atoms with Crippen molar-refractivity contribution >= 4 is 0 Å². The van der Waals surface area contributed by atoms with E-state index in [4.69, 9.17) is 19.1 Å². The zero-order valence-corrected chi connectivity index (χ0v) is 21.2. The second-order valence-corrected chi connectivity index (χ2v) is 8.51. The molecular weight excluding hydrogens is 392 g/mol. The molecule has 0 N–H and O–H groups in total. The van der Waals surface area contributed by atoms with E-state index in [9.17, 15) is 0 Å². The summed E-state index contributed by atoms with van der Waals surface area (Å²) < 4.78 is 17.8. The van der Waals surface area contributed by atoms with Crippen molar-refractivity contribution in [3.8, 4) is 0 Å². The number of ether oxygens (including phenoxy) is 3. The maximum absolute atomic E-state index is 6.05. The molecule has 188 valence electrons. The van der Waals surface area contributed by atoms with Crippen LogP contribution in [0.25, 0.3) is 0 Å². The molecule has 0 amide bonds. The van der Waals surface area contributed by atoms with Crippen LogP contribution in [-0.4, -0.2) is 46.4 Å². The van der Waals surface area contributed by atoms with Crippen LogP contribution in [0.2, 0.25) is 0 Å². The Morgan fingerprint density at radius 3 is 1.45 bits per heavy atom. The predicted molar refractivity (Wildman–Crippen MR) is 129 cm³/mol. The molecule has 0 saturated heterocycles. The molecule has 0 aromatic rings. The van der Waals surface area contributed by atoms with E-state index in [0.717, 1.165) is 65.0 Å². The van der Waals surface area contributed by atoms with E-state index in [-0.39, 0.29) is 6.29 Å². The van der Waals surface area contributed by atoms with Crippen molar-refractivity contribution < 1.29 is 24.0 Å². The summed E-state index contributed by atoms with van der Waals surface area (Å²) in [4.78, 5) is 9.44. The fraction of sp³-hybridized carbons (Fsp3) is 1.00. The Morgan fingerprint density at radius 1 is 0.484 bits per heavy atom. The topological polar surface area (TPSA) is 46.2 Å². The van der Waals surface area contributed by atoms with E-state index in [2.05, 4.69) is 18.7 Å². The molecule has 0 bridgehead atoms. The first kappa shape index (κ1) is 30.8. The lowest BCUT2D eigenvalue weighted by atomic mass is 10.1. The van der Waals surface area contributed by atoms with E-state index in [0.29, 0.717) is 6.61 Å². The summed E-state index contributed by atoms with van der Waals surface area (Å²) in [6.07, 6.45) is 20.4. The summed E-state index contributed by atoms with van der Waals surface area (Å²) in [6.45, 7) is 8.63. The second-order valence-electron chi connectivity index (χ2n) is 8.51. The number of hydrogen-bond acceptors (Lipinski definition) is 5. The number of rotatable bonds is 27. The Hall–Kier alpha value is -0.200. The molecule has 0 heterocycles. The van der Waals surface area contributed by atoms with E-state index in [1.807, 2.05) is 0 Å². The minimum Gasteiger partial charge on any atom is -0.381 e. The van der Waals surface area contributed by atoms with Crippen molar-refractivity contribution in [3.05, 3.63) is 0 Å². The molecular formula is C26H54O5. The van der Waals surface area contributed by atoms with Gasteiger partial charge >= 0.3 is 0 Å². The van der Waals surface area contributed by atoms with Gasteiger partial charge in [-0.2, -0.15) is 0 Å². The molecule has 0 rings (SSSR count). The lowest BCUT2D eigenvalue weighted by Gasteiger charge is -2.19. The normalized spacial score (nSPS) is 11.6. The highest BCUT2D eigenvalue weighted by molar-refractivity contribution is 4.52. The molecule has 0 aliphatic heterocycles. The van der Waals surface area contributed by atoms with Gasteiger partial charge in [0.05, 0.1) is 13.7 Å². The molecule has 0 aliphatic carbocycles. The summed E-state index contributed by atoms with van der Waals surface area (Å²) in [5, 5.41) is 0. The molecule has 0 aliphatic rings. The van der Waals surface area contributed by atoms with Gasteiger partial charge in [-0.1, -0.05) is 78.1 Å². The Balaban J connectivity index is 3.59. The molecule has 0 unspecified atom stereocenters. The van der Waals surface area contributed by atoms with Crippen molar-refractivity contribution in [1.82, 2.24) is 0 Å². The van der Waals surface area contributed by atoms with Gasteiger partial charge in [0.2, 0.25) is 0 Å². The molecule has 5 nitrogen and oxygen atoms in total. The van der Waals surface area contributed by atoms with E-state index < -0.39 is 0 Å². The van der Waals surface area contributed by atoms with Gasteiger partial charge < -0.3 is 14.2 Å². The van der Waals surface area contributed by atoms with Gasteiger partial charge in [0.15, 0.2) is 6.29 Å². The quantitative estimate of drug-likeness (QED) is 0.0562. The summed E-state index contributed by atoms with van der Waals surface area (Å²) in [5.41, 5.74) is 0. The molecule has 0 aromatic heterocycles. The highest BCUT2D eigenvalue weighted by Gasteiger charge is 2.09. The Labute approximate surface area is 193 Å². The number of hydrogen-bond donors (Lipinski definition) is 0. The maximum Gasteiger partial charge on any atom is 0.157 e. The van der Waals surface area contributed by atoms with Gasteiger partial charge in [0, 0.05) is 26.4 Å². The van der Waals surface area contributed by atoms with Crippen LogP contribution in [0.3, 0.4) is 0 Å². The minimum absolute atomic E-state index is 0.00575. The molecule has 0 fully saturated rings. The van der Waals surface area contributed by atoms with Crippen LogP contribution in [0, 0.1) is 0 Å². The Kier molecular flexibility index (Phi) is 27.7. The van der Waals surface area contributed by atoms with Crippen molar-refractivity contribution in [2.75, 3.05) is 40.1 Å². The maximum atomic E-state index is 6.05. The average Bonchev–Trinajstić information content (AvgIpc) is 2.78. The highest BCUT2D eigenvalue weighted by atomic mass is 17.2. The summed E-state index contributed by atoms with van der Waals surface area (Å²) in [6, 6.07) is 0. The Morgan fingerprint density at radius 2 is 0.935 bits per heavy atom. The van der Waals surface area contributed by atoms with Crippen molar-refractivity contribution in [1.29, 1.82) is 0 Å². The third-order valence-electron chi connectivity index (χ3n) is 5.47. The lowest BCUT2D eigenvalue weighted by Crippen LogP contribution is -2.19. The molecule has 0 saturated carbocycles. The zero-order chi connectivity index (χ0) is 22.7. The van der Waals surface area contributed by atoms with Crippen LogP contribution in [0.15, 0.2) is 0 Å². The molecule has 0 aromatic carbocycles. The van der Waals surface area contributed by atoms with Gasteiger partial charge in [0.1, 0.15) is 0 Å². The van der Waals surface area contributed by atoms with Gasteiger partial charge in [0.25, 0.3) is 0 Å². The van der Waals surface area contributed by atoms with Crippen LogP contribution in [0.1, 0.15) is 123 Å². The Bertz CT molecular complexity index is 300. The molecule has 31 heavy (non-hydrogen) atoms. The first-order valence-electron chi connectivity index (χ1n) is 13.3. The van der Waals surface area contributed by atoms with Crippen LogP contribution in [-0.2, 0) is 24.0 Å². The SMILES string of the molecule is CCCCCCOC(CCCCCCOCCCCCCOOC)OCCCCCC. The molecule has 0 atom stereocenters. The summed E-state index contributed by atoms with van der Waals surface area (Å²) in [5.74, 6) is 0. The molecule has 5 heteroatoms. The fourth-order valence-corrected chi connectivity index (χ4v) is 3.47. The van der Waals surface area contributed by atoms with Crippen molar-refractivity contribution in [2.45, 2.75) is 129 Å². The van der Waals surface area contributed by atoms with E-state index >= 15 is 0 Å². The van der Waals surface area contributed by atoms with Gasteiger partial charge in [-0.05, 0) is 44.9 Å². The standard InChI is InChI=1S/C26H54O5/c1-4-6-8-17-23-29-26(30-24-18-9-7-5-2)20-14-10-11-15-21-28-22-16-12-13-19-25-31-27-3/h26H,4-25H2,1-3H3. The fourth-order valence-electron chi connectivity index (χ4n) is 3.47. The lowest BCUT2D eigenvalue weighted by molar-refractivity contribution is -0.272. The largest absolute Gasteiger partial charge is 0.381 e. The zero-order valence-electron chi connectivity index (χ0n) is 21.2. The van der Waals surface area contributed by atoms with Crippen molar-refractivity contribution in [3.63, 3.8) is 0 Å². The van der Waals surface area contributed by atoms with Crippen LogP contribution in [0.4, 0.5) is 0 Å². The number of unbranched alkanes of at least 4 members (excludes halogenated alkanes) is 12. The van der Waals surface area contributed by atoms with Gasteiger partial charge in [-0.3, -0.25) is 0 Å². The first-order chi connectivity index (χ1) is 15.3. The smallest absolute Gasteiger partial charge is 0.157 e. The van der Waals surface area contributed by atoms with Crippen LogP contribution < -0.4 is 0 Å². The third-order valence-corrected chi connectivity index (χ3v) is 5.47. The van der Waals surface area contributed by atoms with Crippen molar-refractivity contribution in [2.24, 2.45) is 0 Å².